The van der Waals surface area contributed by atoms with Crippen LogP contribution >= 0.6 is 11.6 Å². The zero-order valence-electron chi connectivity index (χ0n) is 15.8. The molecule has 1 aromatic heterocycles. The summed E-state index contributed by atoms with van der Waals surface area (Å²) in [5, 5.41) is 0.743. The summed E-state index contributed by atoms with van der Waals surface area (Å²) in [4.78, 5) is 12.4. The molecule has 1 aliphatic carbocycles. The third-order valence-corrected chi connectivity index (χ3v) is 5.42. The van der Waals surface area contributed by atoms with Crippen LogP contribution in [0.25, 0.3) is 0 Å². The minimum atomic E-state index is -0.106. The quantitative estimate of drug-likeness (QED) is 0.498. The fourth-order valence-corrected chi connectivity index (χ4v) is 3.67. The summed E-state index contributed by atoms with van der Waals surface area (Å²) in [7, 11) is 0. The van der Waals surface area contributed by atoms with Crippen molar-refractivity contribution < 1.29 is 9.53 Å². The molecular weight excluding hydrogens is 346 g/mol. The van der Waals surface area contributed by atoms with Gasteiger partial charge in [0.15, 0.2) is 6.73 Å². The van der Waals surface area contributed by atoms with Gasteiger partial charge in [0.25, 0.3) is 0 Å². The van der Waals surface area contributed by atoms with E-state index in [1.54, 1.807) is 0 Å². The van der Waals surface area contributed by atoms with E-state index in [-0.39, 0.29) is 30.0 Å². The minimum Gasteiger partial charge on any atom is -0.444 e. The molecule has 3 rings (SSSR count). The number of rotatable bonds is 6. The van der Waals surface area contributed by atoms with Crippen molar-refractivity contribution in [3.05, 3.63) is 70.5 Å². The van der Waals surface area contributed by atoms with Crippen molar-refractivity contribution in [1.29, 1.82) is 0 Å². The van der Waals surface area contributed by atoms with E-state index in [0.717, 1.165) is 11.4 Å². The highest BCUT2D eigenvalue weighted by Crippen LogP contribution is 2.59. The summed E-state index contributed by atoms with van der Waals surface area (Å²) < 4.78 is 7.47. The molecule has 4 heteroatoms. The molecule has 26 heavy (non-hydrogen) atoms. The molecule has 1 heterocycles. The number of nitrogens with zero attached hydrogens (tertiary/aromatic N) is 1. The first-order valence-electron chi connectivity index (χ1n) is 8.98. The lowest BCUT2D eigenvalue weighted by Gasteiger charge is -2.06. The second-order valence-corrected chi connectivity index (χ2v) is 8.43. The van der Waals surface area contributed by atoms with E-state index in [1.165, 1.54) is 16.7 Å². The Morgan fingerprint density at radius 2 is 1.88 bits per heavy atom. The van der Waals surface area contributed by atoms with Crippen LogP contribution < -0.4 is 0 Å². The molecule has 1 aliphatic rings. The molecule has 2 aromatic rings. The lowest BCUT2D eigenvalue weighted by molar-refractivity contribution is -0.150. The topological polar surface area (TPSA) is 31.2 Å². The zero-order chi connectivity index (χ0) is 18.9. The van der Waals surface area contributed by atoms with Crippen LogP contribution in [-0.4, -0.2) is 10.5 Å². The molecule has 2 atom stereocenters. The fourth-order valence-electron chi connectivity index (χ4n) is 3.54. The van der Waals surface area contributed by atoms with Crippen LogP contribution in [0.5, 0.6) is 0 Å². The van der Waals surface area contributed by atoms with Gasteiger partial charge in [-0.3, -0.25) is 4.79 Å². The monoisotopic (exact) mass is 371 g/mol. The van der Waals surface area contributed by atoms with Crippen LogP contribution in [0, 0.1) is 17.3 Å². The first-order valence-corrected chi connectivity index (χ1v) is 9.36. The Morgan fingerprint density at radius 3 is 2.54 bits per heavy atom. The van der Waals surface area contributed by atoms with E-state index in [9.17, 15) is 4.79 Å². The number of carbonyl (C=O) groups excluding carboxylic acids is 1. The highest BCUT2D eigenvalue weighted by Gasteiger charge is 2.61. The summed E-state index contributed by atoms with van der Waals surface area (Å²) >= 11 is 5.92. The number of hydrogen-bond donors (Lipinski definition) is 0. The number of carbonyl (C=O) groups is 1. The maximum Gasteiger partial charge on any atom is 0.311 e. The summed E-state index contributed by atoms with van der Waals surface area (Å²) in [5.74, 6) is 0.136. The summed E-state index contributed by atoms with van der Waals surface area (Å²) in [6, 6.07) is 9.90. The highest BCUT2D eigenvalue weighted by atomic mass is 35.5. The largest absolute Gasteiger partial charge is 0.444 e. The van der Waals surface area contributed by atoms with Gasteiger partial charge in [-0.25, -0.2) is 0 Å². The molecule has 0 N–H and O–H groups in total. The van der Waals surface area contributed by atoms with Crippen molar-refractivity contribution in [2.45, 2.75) is 40.8 Å². The van der Waals surface area contributed by atoms with Gasteiger partial charge in [0.1, 0.15) is 0 Å². The van der Waals surface area contributed by atoms with Crippen molar-refractivity contribution in [2.24, 2.45) is 17.3 Å². The molecule has 2 unspecified atom stereocenters. The van der Waals surface area contributed by atoms with Gasteiger partial charge in [0.2, 0.25) is 0 Å². The van der Waals surface area contributed by atoms with Crippen LogP contribution in [0.15, 0.2) is 54.4 Å². The number of hydrogen-bond acceptors (Lipinski definition) is 2. The molecule has 1 saturated carbocycles. The third-order valence-electron chi connectivity index (χ3n) is 5.17. The number of esters is 1. The number of aromatic nitrogens is 1. The summed E-state index contributed by atoms with van der Waals surface area (Å²) in [6.07, 6.45) is 6.99. The Bertz CT molecular complexity index is 813. The van der Waals surface area contributed by atoms with E-state index in [2.05, 4.69) is 39.8 Å². The highest BCUT2D eigenvalue weighted by molar-refractivity contribution is 6.30. The number of benzene rings is 1. The number of allylic oxidation sites excluding steroid dienone is 2. The molecule has 0 bridgehead atoms. The maximum absolute atomic E-state index is 12.4. The molecule has 3 nitrogen and oxygen atoms in total. The van der Waals surface area contributed by atoms with E-state index in [0.29, 0.717) is 0 Å². The van der Waals surface area contributed by atoms with Gasteiger partial charge in [-0.1, -0.05) is 49.2 Å². The molecule has 0 amide bonds. The summed E-state index contributed by atoms with van der Waals surface area (Å²) in [6.45, 7) is 8.65. The van der Waals surface area contributed by atoms with Crippen molar-refractivity contribution in [3.63, 3.8) is 0 Å². The lowest BCUT2D eigenvalue weighted by Crippen LogP contribution is -2.13. The van der Waals surface area contributed by atoms with Crippen LogP contribution in [0.2, 0.25) is 5.02 Å². The minimum absolute atomic E-state index is 0.00914. The van der Waals surface area contributed by atoms with Crippen LogP contribution in [0.1, 0.15) is 38.8 Å². The maximum atomic E-state index is 12.4. The first-order chi connectivity index (χ1) is 12.3. The molecule has 0 aliphatic heterocycles. The third kappa shape index (κ3) is 4.21. The van der Waals surface area contributed by atoms with Crippen molar-refractivity contribution >= 4 is 17.6 Å². The van der Waals surface area contributed by atoms with Crippen LogP contribution in [-0.2, 0) is 22.7 Å². The normalized spacial score (nSPS) is 20.5. The second-order valence-electron chi connectivity index (χ2n) is 8.00. The van der Waals surface area contributed by atoms with Gasteiger partial charge in [-0.15, -0.1) is 0 Å². The van der Waals surface area contributed by atoms with Crippen molar-refractivity contribution in [2.75, 3.05) is 0 Å². The SMILES string of the molecule is CC(C)=CC1C(C(=O)OCn2ccc(Cc3ccc(Cl)cc3)c2)C1(C)C. The summed E-state index contributed by atoms with van der Waals surface area (Å²) in [5.41, 5.74) is 3.62. The smallest absolute Gasteiger partial charge is 0.311 e. The average molecular weight is 372 g/mol. The van der Waals surface area contributed by atoms with Gasteiger partial charge in [0, 0.05) is 17.4 Å². The number of ether oxygens (including phenoxy) is 1. The second kappa shape index (κ2) is 7.32. The van der Waals surface area contributed by atoms with Gasteiger partial charge >= 0.3 is 5.97 Å². The first kappa shape index (κ1) is 18.8. The Hall–Kier alpha value is -2.00. The Balaban J connectivity index is 1.54. The van der Waals surface area contributed by atoms with Crippen LogP contribution in [0.3, 0.4) is 0 Å². The standard InChI is InChI=1S/C22H26ClNO2/c1-15(2)11-19-20(22(19,3)4)21(25)26-14-24-10-9-17(13-24)12-16-5-7-18(23)8-6-16/h5-11,13,19-20H,12,14H2,1-4H3. The Morgan fingerprint density at radius 1 is 1.19 bits per heavy atom. The fraction of sp³-hybridized carbons (Fsp3) is 0.409. The average Bonchev–Trinajstić information content (AvgIpc) is 2.92. The predicted molar refractivity (Wildman–Crippen MR) is 105 cm³/mol. The Labute approximate surface area is 160 Å². The molecule has 0 spiro atoms. The Kier molecular flexibility index (Phi) is 5.29. The molecule has 138 valence electrons. The van der Waals surface area contributed by atoms with E-state index in [4.69, 9.17) is 16.3 Å². The van der Waals surface area contributed by atoms with Crippen LogP contribution in [0.4, 0.5) is 0 Å². The molecule has 0 radical (unpaired) electrons. The molecular formula is C22H26ClNO2. The lowest BCUT2D eigenvalue weighted by atomic mass is 10.1. The van der Waals surface area contributed by atoms with E-state index >= 15 is 0 Å². The molecule has 0 saturated heterocycles. The van der Waals surface area contributed by atoms with Crippen molar-refractivity contribution in [1.82, 2.24) is 4.57 Å². The van der Waals surface area contributed by atoms with Gasteiger partial charge < -0.3 is 9.30 Å². The number of halogens is 1. The van der Waals surface area contributed by atoms with Gasteiger partial charge in [-0.05, 0) is 60.9 Å². The van der Waals surface area contributed by atoms with Crippen molar-refractivity contribution in [3.8, 4) is 0 Å². The van der Waals surface area contributed by atoms with E-state index < -0.39 is 0 Å². The molecule has 1 fully saturated rings. The predicted octanol–water partition coefficient (Wildman–Crippen LogP) is 5.47. The van der Waals surface area contributed by atoms with Gasteiger partial charge in [-0.2, -0.15) is 0 Å². The zero-order valence-corrected chi connectivity index (χ0v) is 16.6. The van der Waals surface area contributed by atoms with Gasteiger partial charge in [0.05, 0.1) is 5.92 Å². The van der Waals surface area contributed by atoms with E-state index in [1.807, 2.05) is 41.2 Å². The molecule has 1 aromatic carbocycles.